The van der Waals surface area contributed by atoms with Gasteiger partial charge in [-0.25, -0.2) is 8.42 Å². The number of carbonyl (C=O) groups excluding carboxylic acids is 1. The summed E-state index contributed by atoms with van der Waals surface area (Å²) in [5.41, 5.74) is 2.38. The molecule has 0 fully saturated rings. The smallest absolute Gasteiger partial charge is 0.255 e. The van der Waals surface area contributed by atoms with Crippen LogP contribution in [0.4, 0.5) is 11.4 Å². The lowest BCUT2D eigenvalue weighted by Gasteiger charge is -2.29. The molecule has 1 heterocycles. The lowest BCUT2D eigenvalue weighted by molar-refractivity contribution is 0.102. The van der Waals surface area contributed by atoms with Crippen molar-refractivity contribution in [2.24, 2.45) is 0 Å². The van der Waals surface area contributed by atoms with Crippen LogP contribution >= 0.6 is 0 Å². The minimum absolute atomic E-state index is 0.321. The zero-order valence-corrected chi connectivity index (χ0v) is 17.6. The van der Waals surface area contributed by atoms with Crippen molar-refractivity contribution in [2.45, 2.75) is 12.8 Å². The van der Waals surface area contributed by atoms with E-state index < -0.39 is 10.0 Å². The first kappa shape index (κ1) is 20.8. The van der Waals surface area contributed by atoms with Crippen molar-refractivity contribution in [2.75, 3.05) is 43.8 Å². The zero-order valence-electron chi connectivity index (χ0n) is 16.8. The molecule has 2 aromatic carbocycles. The van der Waals surface area contributed by atoms with Crippen molar-refractivity contribution in [1.29, 1.82) is 0 Å². The Bertz CT molecular complexity index is 1010. The molecule has 0 saturated carbocycles. The van der Waals surface area contributed by atoms with Gasteiger partial charge in [-0.15, -0.1) is 0 Å². The number of ether oxygens (including phenoxy) is 3. The van der Waals surface area contributed by atoms with Gasteiger partial charge >= 0.3 is 0 Å². The zero-order chi connectivity index (χ0) is 21.2. The van der Waals surface area contributed by atoms with Crippen molar-refractivity contribution < 1.29 is 27.4 Å². The van der Waals surface area contributed by atoms with Crippen molar-refractivity contribution in [1.82, 2.24) is 0 Å². The van der Waals surface area contributed by atoms with Crippen LogP contribution in [-0.2, 0) is 16.4 Å². The summed E-state index contributed by atoms with van der Waals surface area (Å²) in [6, 6.07) is 8.32. The van der Waals surface area contributed by atoms with Crippen molar-refractivity contribution in [3.05, 3.63) is 41.5 Å². The van der Waals surface area contributed by atoms with Crippen LogP contribution in [0, 0.1) is 0 Å². The predicted molar refractivity (Wildman–Crippen MR) is 111 cm³/mol. The number of hydrogen-bond donors (Lipinski definition) is 1. The number of anilines is 2. The molecule has 9 heteroatoms. The Morgan fingerprint density at radius 1 is 1.03 bits per heavy atom. The number of hydrogen-bond acceptors (Lipinski definition) is 6. The van der Waals surface area contributed by atoms with Gasteiger partial charge in [0.25, 0.3) is 5.91 Å². The second-order valence-corrected chi connectivity index (χ2v) is 8.56. The molecule has 0 atom stereocenters. The molecule has 0 aromatic heterocycles. The normalized spacial score (nSPS) is 13.4. The number of nitrogens with one attached hydrogen (secondary N) is 1. The number of aryl methyl sites for hydroxylation is 1. The molecule has 0 bridgehead atoms. The number of carbonyl (C=O) groups is 1. The summed E-state index contributed by atoms with van der Waals surface area (Å²) in [4.78, 5) is 12.8. The van der Waals surface area contributed by atoms with Crippen molar-refractivity contribution in [3.8, 4) is 17.2 Å². The summed E-state index contributed by atoms with van der Waals surface area (Å²) in [6.07, 6.45) is 2.61. The first-order valence-corrected chi connectivity index (χ1v) is 10.8. The molecule has 0 spiro atoms. The molecule has 1 N–H and O–H groups in total. The third-order valence-corrected chi connectivity index (χ3v) is 5.92. The van der Waals surface area contributed by atoms with Crippen LogP contribution in [0.25, 0.3) is 0 Å². The average Bonchev–Trinajstić information content (AvgIpc) is 2.71. The topological polar surface area (TPSA) is 94.2 Å². The molecule has 0 aliphatic carbocycles. The highest BCUT2D eigenvalue weighted by atomic mass is 32.2. The highest BCUT2D eigenvalue weighted by molar-refractivity contribution is 7.92. The van der Waals surface area contributed by atoms with Crippen LogP contribution in [0.2, 0.25) is 0 Å². The van der Waals surface area contributed by atoms with Gasteiger partial charge in [-0.2, -0.15) is 0 Å². The molecular weight excluding hydrogens is 396 g/mol. The summed E-state index contributed by atoms with van der Waals surface area (Å²) in [7, 11) is 1.16. The van der Waals surface area contributed by atoms with Crippen molar-refractivity contribution >= 4 is 27.3 Å². The maximum absolute atomic E-state index is 12.8. The standard InChI is InChI=1S/C20H24N2O6S/c1-26-17-11-15(12-18(27-2)19(17)28-3)21-20(23)14-7-8-16-13(10-14)6-5-9-22(16)29(4,24)25/h7-8,10-12H,5-6,9H2,1-4H3,(H,21,23). The Balaban J connectivity index is 1.89. The first-order chi connectivity index (χ1) is 13.8. The highest BCUT2D eigenvalue weighted by Crippen LogP contribution is 2.40. The Morgan fingerprint density at radius 2 is 1.69 bits per heavy atom. The third kappa shape index (κ3) is 4.24. The quantitative estimate of drug-likeness (QED) is 0.772. The van der Waals surface area contributed by atoms with E-state index in [0.717, 1.165) is 5.56 Å². The molecule has 1 amide bonds. The molecular formula is C20H24N2O6S. The Kier molecular flexibility index (Phi) is 5.88. The predicted octanol–water partition coefficient (Wildman–Crippen LogP) is 2.68. The van der Waals surface area contributed by atoms with Gasteiger partial charge < -0.3 is 19.5 Å². The number of methoxy groups -OCH3 is 3. The van der Waals surface area contributed by atoms with Crippen molar-refractivity contribution in [3.63, 3.8) is 0 Å². The summed E-state index contributed by atoms with van der Waals surface area (Å²) < 4.78 is 41.3. The Morgan fingerprint density at radius 3 is 2.24 bits per heavy atom. The SMILES string of the molecule is COc1cc(NC(=O)c2ccc3c(c2)CCCN3S(C)(=O)=O)cc(OC)c1OC. The Labute approximate surface area is 170 Å². The summed E-state index contributed by atoms with van der Waals surface area (Å²) in [5.74, 6) is 0.967. The largest absolute Gasteiger partial charge is 0.493 e. The average molecular weight is 420 g/mol. The molecule has 0 unspecified atom stereocenters. The molecule has 8 nitrogen and oxygen atoms in total. The number of amides is 1. The van der Waals surface area contributed by atoms with Crippen LogP contribution in [0.1, 0.15) is 22.3 Å². The first-order valence-electron chi connectivity index (χ1n) is 9.00. The maximum atomic E-state index is 12.8. The number of fused-ring (bicyclic) bond motifs is 1. The number of sulfonamides is 1. The van der Waals surface area contributed by atoms with E-state index in [2.05, 4.69) is 5.32 Å². The monoisotopic (exact) mass is 420 g/mol. The molecule has 1 aliphatic rings. The fourth-order valence-corrected chi connectivity index (χ4v) is 4.40. The van der Waals surface area contributed by atoms with Gasteiger partial charge in [0.2, 0.25) is 15.8 Å². The van der Waals surface area contributed by atoms with Gasteiger partial charge in [0.1, 0.15) is 0 Å². The molecule has 29 heavy (non-hydrogen) atoms. The van der Waals surface area contributed by atoms with Gasteiger partial charge in [0.05, 0.1) is 33.3 Å². The van der Waals surface area contributed by atoms with Crippen LogP contribution in [-0.4, -0.2) is 48.5 Å². The van der Waals surface area contributed by atoms with E-state index in [1.165, 1.54) is 31.9 Å². The fraction of sp³-hybridized carbons (Fsp3) is 0.350. The fourth-order valence-electron chi connectivity index (χ4n) is 3.40. The van der Waals surface area contributed by atoms with E-state index in [4.69, 9.17) is 14.2 Å². The molecule has 156 valence electrons. The minimum Gasteiger partial charge on any atom is -0.493 e. The van der Waals surface area contributed by atoms with Gasteiger partial charge in [0.15, 0.2) is 11.5 Å². The van der Waals surface area contributed by atoms with Crippen LogP contribution in [0.5, 0.6) is 17.2 Å². The second-order valence-electron chi connectivity index (χ2n) is 6.65. The van der Waals surface area contributed by atoms with Crippen LogP contribution in [0.15, 0.2) is 30.3 Å². The molecule has 0 radical (unpaired) electrons. The van der Waals surface area contributed by atoms with Gasteiger partial charge in [0, 0.05) is 29.9 Å². The van der Waals surface area contributed by atoms with Gasteiger partial charge in [-0.1, -0.05) is 0 Å². The molecule has 1 aliphatic heterocycles. The van der Waals surface area contributed by atoms with E-state index in [9.17, 15) is 13.2 Å². The van der Waals surface area contributed by atoms with E-state index in [0.29, 0.717) is 53.6 Å². The lowest BCUT2D eigenvalue weighted by atomic mass is 10.0. The number of nitrogens with zero attached hydrogens (tertiary/aromatic N) is 1. The molecule has 2 aromatic rings. The number of benzene rings is 2. The number of rotatable bonds is 6. The maximum Gasteiger partial charge on any atom is 0.255 e. The lowest BCUT2D eigenvalue weighted by Crippen LogP contribution is -2.34. The minimum atomic E-state index is -3.35. The van der Waals surface area contributed by atoms with E-state index in [-0.39, 0.29) is 5.91 Å². The highest BCUT2D eigenvalue weighted by Gasteiger charge is 2.25. The van der Waals surface area contributed by atoms with E-state index in [1.807, 2.05) is 0 Å². The third-order valence-electron chi connectivity index (χ3n) is 4.74. The molecule has 3 rings (SSSR count). The van der Waals surface area contributed by atoms with Crippen LogP contribution < -0.4 is 23.8 Å². The second kappa shape index (κ2) is 8.20. The van der Waals surface area contributed by atoms with Crippen LogP contribution in [0.3, 0.4) is 0 Å². The summed E-state index contributed by atoms with van der Waals surface area (Å²) in [5, 5.41) is 2.82. The van der Waals surface area contributed by atoms with Gasteiger partial charge in [-0.3, -0.25) is 9.10 Å². The van der Waals surface area contributed by atoms with E-state index >= 15 is 0 Å². The van der Waals surface area contributed by atoms with E-state index in [1.54, 1.807) is 30.3 Å². The Hall–Kier alpha value is -2.94. The molecule has 0 saturated heterocycles. The van der Waals surface area contributed by atoms with Gasteiger partial charge in [-0.05, 0) is 36.6 Å². The summed E-state index contributed by atoms with van der Waals surface area (Å²) >= 11 is 0. The summed E-state index contributed by atoms with van der Waals surface area (Å²) in [6.45, 7) is 0.447.